The first-order chi connectivity index (χ1) is 15.6. The number of nitrogens with zero attached hydrogens (tertiary/aromatic N) is 3. The molecular formula is C28H33N3O. The van der Waals surface area contributed by atoms with Gasteiger partial charge in [-0.2, -0.15) is 0 Å². The van der Waals surface area contributed by atoms with Gasteiger partial charge < -0.3 is 9.80 Å². The lowest BCUT2D eigenvalue weighted by Gasteiger charge is -2.38. The number of amides is 1. The van der Waals surface area contributed by atoms with Crippen LogP contribution in [0.2, 0.25) is 0 Å². The Balaban J connectivity index is 1.18. The summed E-state index contributed by atoms with van der Waals surface area (Å²) in [6, 6.07) is 16.9. The van der Waals surface area contributed by atoms with Crippen molar-refractivity contribution >= 4 is 5.91 Å². The first kappa shape index (κ1) is 19.3. The molecule has 166 valence electrons. The lowest BCUT2D eigenvalue weighted by Crippen LogP contribution is -2.52. The second-order valence-electron chi connectivity index (χ2n) is 10.9. The second-order valence-corrected chi connectivity index (χ2v) is 10.9. The van der Waals surface area contributed by atoms with Gasteiger partial charge in [-0.3, -0.25) is 9.69 Å². The summed E-state index contributed by atoms with van der Waals surface area (Å²) in [5.41, 5.74) is 6.95. The largest absolute Gasteiger partial charge is 0.338 e. The minimum Gasteiger partial charge on any atom is -0.338 e. The molecule has 0 bridgehead atoms. The van der Waals surface area contributed by atoms with Gasteiger partial charge in [0.25, 0.3) is 0 Å². The smallest absolute Gasteiger partial charge is 0.243 e. The molecule has 1 aliphatic carbocycles. The van der Waals surface area contributed by atoms with Crippen molar-refractivity contribution in [1.29, 1.82) is 0 Å². The molecule has 4 fully saturated rings. The Morgan fingerprint density at radius 3 is 2.66 bits per heavy atom. The van der Waals surface area contributed by atoms with Gasteiger partial charge in [-0.15, -0.1) is 0 Å². The van der Waals surface area contributed by atoms with Gasteiger partial charge >= 0.3 is 0 Å². The molecule has 0 N–H and O–H groups in total. The molecule has 0 saturated carbocycles. The molecule has 0 aromatic heterocycles. The molecule has 32 heavy (non-hydrogen) atoms. The van der Waals surface area contributed by atoms with Crippen LogP contribution in [0.5, 0.6) is 0 Å². The molecule has 4 nitrogen and oxygen atoms in total. The van der Waals surface area contributed by atoms with Gasteiger partial charge in [-0.25, -0.2) is 0 Å². The van der Waals surface area contributed by atoms with Gasteiger partial charge in [-0.05, 0) is 93.0 Å². The number of carbonyl (C=O) groups is 1. The minimum atomic E-state index is -0.212. The summed E-state index contributed by atoms with van der Waals surface area (Å²) in [7, 11) is 2.20. The molecule has 2 aromatic carbocycles. The van der Waals surface area contributed by atoms with E-state index in [1.54, 1.807) is 0 Å². The maximum Gasteiger partial charge on any atom is 0.243 e. The monoisotopic (exact) mass is 427 g/mol. The van der Waals surface area contributed by atoms with Crippen LogP contribution in [0.1, 0.15) is 54.8 Å². The summed E-state index contributed by atoms with van der Waals surface area (Å²) in [6.45, 7) is 4.30. The molecule has 2 aromatic rings. The van der Waals surface area contributed by atoms with Crippen molar-refractivity contribution in [1.82, 2.24) is 14.7 Å². The van der Waals surface area contributed by atoms with Crippen molar-refractivity contribution in [2.75, 3.05) is 33.2 Å². The van der Waals surface area contributed by atoms with Crippen LogP contribution in [0, 0.1) is 5.92 Å². The van der Waals surface area contributed by atoms with E-state index in [2.05, 4.69) is 64.2 Å². The predicted octanol–water partition coefficient (Wildman–Crippen LogP) is 4.09. The number of hydrogen-bond donors (Lipinski definition) is 0. The van der Waals surface area contributed by atoms with E-state index in [1.807, 2.05) is 0 Å². The van der Waals surface area contributed by atoms with Gasteiger partial charge in [0, 0.05) is 24.5 Å². The minimum absolute atomic E-state index is 0.212. The van der Waals surface area contributed by atoms with Gasteiger partial charge in [-0.1, -0.05) is 42.5 Å². The van der Waals surface area contributed by atoms with Crippen molar-refractivity contribution < 1.29 is 4.79 Å². The fraction of sp³-hybridized carbons (Fsp3) is 0.536. The van der Waals surface area contributed by atoms with Crippen LogP contribution in [-0.2, 0) is 11.2 Å². The van der Waals surface area contributed by atoms with Gasteiger partial charge in [0.2, 0.25) is 5.91 Å². The van der Waals surface area contributed by atoms with Crippen molar-refractivity contribution in [3.8, 4) is 11.1 Å². The average molecular weight is 428 g/mol. The highest BCUT2D eigenvalue weighted by atomic mass is 16.2. The van der Waals surface area contributed by atoms with Crippen LogP contribution in [0.15, 0.2) is 42.5 Å². The molecule has 7 rings (SSSR count). The standard InChI is InChI=1S/C28H33N3O/c1-29-13-9-23(10-14-29)30-18-22-17-26(31-12-4-11-28(22,31)27(30)32)20-7-8-25-21(16-20)15-19-5-2-3-6-24(19)25/h2-3,5-8,16,22-23,26H,4,9-15,17-18H2,1H3/t22-,26-,28-/m0/s1. The molecule has 1 amide bonds. The number of likely N-dealkylation sites (tertiary alicyclic amines) is 2. The van der Waals surface area contributed by atoms with E-state index < -0.39 is 0 Å². The molecule has 4 saturated heterocycles. The Labute approximate surface area is 191 Å². The summed E-state index contributed by atoms with van der Waals surface area (Å²) in [4.78, 5) is 21.3. The molecule has 1 spiro atoms. The fourth-order valence-corrected chi connectivity index (χ4v) is 7.84. The van der Waals surface area contributed by atoms with Crippen molar-refractivity contribution in [2.24, 2.45) is 5.92 Å². The third kappa shape index (κ3) is 2.54. The molecule has 5 aliphatic rings. The molecule has 0 radical (unpaired) electrons. The van der Waals surface area contributed by atoms with Crippen LogP contribution < -0.4 is 0 Å². The summed E-state index contributed by atoms with van der Waals surface area (Å²) in [5.74, 6) is 0.957. The third-order valence-corrected chi connectivity index (χ3v) is 9.41. The zero-order valence-corrected chi connectivity index (χ0v) is 19.1. The van der Waals surface area contributed by atoms with E-state index in [0.717, 1.165) is 64.7 Å². The number of hydrogen-bond acceptors (Lipinski definition) is 3. The molecule has 3 atom stereocenters. The number of piperidine rings is 1. The summed E-state index contributed by atoms with van der Waals surface area (Å²) in [5, 5.41) is 0. The van der Waals surface area contributed by atoms with Gasteiger partial charge in [0.1, 0.15) is 5.54 Å². The van der Waals surface area contributed by atoms with Crippen molar-refractivity contribution in [3.05, 3.63) is 59.2 Å². The van der Waals surface area contributed by atoms with Gasteiger partial charge in [0.15, 0.2) is 0 Å². The zero-order chi connectivity index (χ0) is 21.4. The fourth-order valence-electron chi connectivity index (χ4n) is 7.84. The Hall–Kier alpha value is -2.17. The van der Waals surface area contributed by atoms with Crippen LogP contribution in [0.3, 0.4) is 0 Å². The summed E-state index contributed by atoms with van der Waals surface area (Å²) >= 11 is 0. The molecule has 0 unspecified atom stereocenters. The molecule has 4 heterocycles. The maximum atomic E-state index is 14.0. The highest BCUT2D eigenvalue weighted by molar-refractivity contribution is 5.90. The van der Waals surface area contributed by atoms with Crippen molar-refractivity contribution in [3.63, 3.8) is 0 Å². The number of fused-ring (bicyclic) bond motifs is 3. The van der Waals surface area contributed by atoms with E-state index in [9.17, 15) is 4.79 Å². The van der Waals surface area contributed by atoms with Crippen LogP contribution >= 0.6 is 0 Å². The second kappa shape index (κ2) is 6.91. The SMILES string of the molecule is CN1CCC(N2C[C@@H]3C[C@@H](c4ccc5c(c4)Cc4ccccc4-5)N4CCC[C@@]34C2=O)CC1. The number of rotatable bonds is 2. The van der Waals surface area contributed by atoms with Crippen LogP contribution in [0.4, 0.5) is 0 Å². The molecular weight excluding hydrogens is 394 g/mol. The number of carbonyl (C=O) groups excluding carboxylic acids is 1. The normalized spacial score (nSPS) is 32.3. The highest BCUT2D eigenvalue weighted by Crippen LogP contribution is 2.57. The van der Waals surface area contributed by atoms with E-state index in [4.69, 9.17) is 0 Å². The molecule has 4 heteroatoms. The van der Waals surface area contributed by atoms with Crippen LogP contribution in [-0.4, -0.2) is 65.4 Å². The highest BCUT2D eigenvalue weighted by Gasteiger charge is 2.65. The Morgan fingerprint density at radius 1 is 0.969 bits per heavy atom. The lowest BCUT2D eigenvalue weighted by atomic mass is 9.85. The van der Waals surface area contributed by atoms with E-state index in [-0.39, 0.29) is 5.54 Å². The number of benzene rings is 2. The Morgan fingerprint density at radius 2 is 1.78 bits per heavy atom. The summed E-state index contributed by atoms with van der Waals surface area (Å²) in [6.07, 6.45) is 6.69. The van der Waals surface area contributed by atoms with E-state index >= 15 is 0 Å². The quantitative estimate of drug-likeness (QED) is 0.616. The Bertz CT molecular complexity index is 1090. The van der Waals surface area contributed by atoms with E-state index in [0.29, 0.717) is 23.9 Å². The maximum absolute atomic E-state index is 14.0. The first-order valence-electron chi connectivity index (χ1n) is 12.6. The zero-order valence-electron chi connectivity index (χ0n) is 19.1. The van der Waals surface area contributed by atoms with Crippen LogP contribution in [0.25, 0.3) is 11.1 Å². The lowest BCUT2D eigenvalue weighted by molar-refractivity contribution is -0.139. The summed E-state index contributed by atoms with van der Waals surface area (Å²) < 4.78 is 0. The third-order valence-electron chi connectivity index (χ3n) is 9.41. The van der Waals surface area contributed by atoms with Crippen molar-refractivity contribution in [2.45, 2.75) is 56.1 Å². The molecule has 4 aliphatic heterocycles. The van der Waals surface area contributed by atoms with E-state index in [1.165, 1.54) is 27.8 Å². The van der Waals surface area contributed by atoms with Gasteiger partial charge in [0.05, 0.1) is 0 Å². The topological polar surface area (TPSA) is 26.8 Å². The Kier molecular flexibility index (Phi) is 4.17. The predicted molar refractivity (Wildman–Crippen MR) is 126 cm³/mol. The first-order valence-corrected chi connectivity index (χ1v) is 12.6. The average Bonchev–Trinajstić information content (AvgIpc) is 3.53.